The van der Waals surface area contributed by atoms with Crippen molar-refractivity contribution in [1.29, 1.82) is 0 Å². The standard InChI is InChI=1S/C25H31N5O2/c1-16-6-7-20(32-5)12-22(16)17(2)25(31)30-11-10-19(13-30)28-24-9-8-21(18(3)27-24)23-14-29(4)15-26-23/h6-9,12,14-15,17,19H,10-11,13H2,1-5H3,(H,27,28). The first-order valence-electron chi connectivity index (χ1n) is 11.0. The number of rotatable bonds is 6. The molecule has 0 bridgehead atoms. The van der Waals surface area contributed by atoms with Crippen molar-refractivity contribution in [3.8, 4) is 17.0 Å². The van der Waals surface area contributed by atoms with Crippen LogP contribution < -0.4 is 10.1 Å². The van der Waals surface area contributed by atoms with Gasteiger partial charge < -0.3 is 19.5 Å². The lowest BCUT2D eigenvalue weighted by Gasteiger charge is -2.23. The molecule has 1 saturated heterocycles. The number of benzene rings is 1. The number of nitrogens with one attached hydrogen (secondary N) is 1. The summed E-state index contributed by atoms with van der Waals surface area (Å²) >= 11 is 0. The van der Waals surface area contributed by atoms with Crippen molar-refractivity contribution in [1.82, 2.24) is 19.4 Å². The van der Waals surface area contributed by atoms with E-state index >= 15 is 0 Å². The Labute approximate surface area is 189 Å². The van der Waals surface area contributed by atoms with Gasteiger partial charge in [-0.05, 0) is 62.6 Å². The number of carbonyl (C=O) groups excluding carboxylic acids is 1. The number of hydrogen-bond acceptors (Lipinski definition) is 5. The average Bonchev–Trinajstić information content (AvgIpc) is 3.42. The number of aromatic nitrogens is 3. The molecule has 7 nitrogen and oxygen atoms in total. The van der Waals surface area contributed by atoms with E-state index < -0.39 is 0 Å². The number of likely N-dealkylation sites (tertiary alicyclic amines) is 1. The first kappa shape index (κ1) is 21.9. The number of anilines is 1. The molecule has 168 valence electrons. The molecule has 0 aliphatic carbocycles. The van der Waals surface area contributed by atoms with Gasteiger partial charge in [0.1, 0.15) is 11.6 Å². The molecule has 1 aliphatic rings. The average molecular weight is 434 g/mol. The van der Waals surface area contributed by atoms with E-state index in [0.717, 1.165) is 52.6 Å². The van der Waals surface area contributed by atoms with Gasteiger partial charge in [-0.15, -0.1) is 0 Å². The molecule has 1 aromatic carbocycles. The van der Waals surface area contributed by atoms with Crippen LogP contribution in [0.2, 0.25) is 0 Å². The van der Waals surface area contributed by atoms with Gasteiger partial charge in [0.05, 0.1) is 25.0 Å². The Kier molecular flexibility index (Phi) is 6.17. The summed E-state index contributed by atoms with van der Waals surface area (Å²) < 4.78 is 7.28. The maximum absolute atomic E-state index is 13.2. The number of hydrogen-bond donors (Lipinski definition) is 1. The van der Waals surface area contributed by atoms with E-state index in [1.54, 1.807) is 13.4 Å². The highest BCUT2D eigenvalue weighted by Gasteiger charge is 2.30. The minimum Gasteiger partial charge on any atom is -0.497 e. The maximum atomic E-state index is 13.2. The van der Waals surface area contributed by atoms with Crippen LogP contribution in [-0.4, -0.2) is 51.6 Å². The molecular formula is C25H31N5O2. The molecule has 2 aromatic heterocycles. The SMILES string of the molecule is COc1ccc(C)c(C(C)C(=O)N2CCC(Nc3ccc(-c4cn(C)cn4)c(C)n3)C2)c1. The van der Waals surface area contributed by atoms with E-state index in [4.69, 9.17) is 9.72 Å². The Morgan fingerprint density at radius 1 is 1.25 bits per heavy atom. The summed E-state index contributed by atoms with van der Waals surface area (Å²) in [5.74, 6) is 1.56. The Bertz CT molecular complexity index is 1120. The van der Waals surface area contributed by atoms with E-state index in [-0.39, 0.29) is 17.9 Å². The van der Waals surface area contributed by atoms with Crippen LogP contribution in [0.1, 0.15) is 36.1 Å². The molecule has 1 fully saturated rings. The van der Waals surface area contributed by atoms with Gasteiger partial charge in [0.25, 0.3) is 0 Å². The third-order valence-electron chi connectivity index (χ3n) is 6.24. The molecule has 1 aliphatic heterocycles. The van der Waals surface area contributed by atoms with Crippen molar-refractivity contribution in [2.45, 2.75) is 39.2 Å². The normalized spacial score (nSPS) is 16.8. The van der Waals surface area contributed by atoms with E-state index in [2.05, 4.69) is 16.4 Å². The second-order valence-corrected chi connectivity index (χ2v) is 8.61. The molecule has 4 rings (SSSR count). The van der Waals surface area contributed by atoms with Gasteiger partial charge in [-0.1, -0.05) is 6.07 Å². The highest BCUT2D eigenvalue weighted by molar-refractivity contribution is 5.84. The smallest absolute Gasteiger partial charge is 0.229 e. The van der Waals surface area contributed by atoms with Crippen molar-refractivity contribution in [2.24, 2.45) is 7.05 Å². The molecule has 2 unspecified atom stereocenters. The van der Waals surface area contributed by atoms with Crippen LogP contribution in [0.15, 0.2) is 42.9 Å². The van der Waals surface area contributed by atoms with Gasteiger partial charge >= 0.3 is 0 Å². The quantitative estimate of drug-likeness (QED) is 0.638. The Morgan fingerprint density at radius 3 is 2.75 bits per heavy atom. The number of carbonyl (C=O) groups is 1. The number of methoxy groups -OCH3 is 1. The third-order valence-corrected chi connectivity index (χ3v) is 6.24. The number of imidazole rings is 1. The van der Waals surface area contributed by atoms with Crippen LogP contribution in [-0.2, 0) is 11.8 Å². The number of amides is 1. The fourth-order valence-electron chi connectivity index (χ4n) is 4.37. The van der Waals surface area contributed by atoms with E-state index in [9.17, 15) is 4.79 Å². The van der Waals surface area contributed by atoms with Crippen LogP contribution in [0.4, 0.5) is 5.82 Å². The van der Waals surface area contributed by atoms with Gasteiger partial charge in [-0.25, -0.2) is 9.97 Å². The van der Waals surface area contributed by atoms with Crippen molar-refractivity contribution in [2.75, 3.05) is 25.5 Å². The monoisotopic (exact) mass is 433 g/mol. The molecule has 32 heavy (non-hydrogen) atoms. The molecule has 0 radical (unpaired) electrons. The molecule has 1 amide bonds. The maximum Gasteiger partial charge on any atom is 0.229 e. The number of ether oxygens (including phenoxy) is 1. The fraction of sp³-hybridized carbons (Fsp3) is 0.400. The Morgan fingerprint density at radius 2 is 2.06 bits per heavy atom. The number of pyridine rings is 1. The fourth-order valence-corrected chi connectivity index (χ4v) is 4.37. The predicted molar refractivity (Wildman–Crippen MR) is 126 cm³/mol. The lowest BCUT2D eigenvalue weighted by molar-refractivity contribution is -0.131. The molecule has 2 atom stereocenters. The second-order valence-electron chi connectivity index (χ2n) is 8.61. The van der Waals surface area contributed by atoms with Crippen molar-refractivity contribution < 1.29 is 9.53 Å². The highest BCUT2D eigenvalue weighted by Crippen LogP contribution is 2.28. The minimum absolute atomic E-state index is 0.153. The summed E-state index contributed by atoms with van der Waals surface area (Å²) in [4.78, 5) is 24.3. The predicted octanol–water partition coefficient (Wildman–Crippen LogP) is 3.92. The van der Waals surface area contributed by atoms with Crippen LogP contribution in [0, 0.1) is 13.8 Å². The van der Waals surface area contributed by atoms with Crippen LogP contribution >= 0.6 is 0 Å². The minimum atomic E-state index is -0.207. The molecule has 0 saturated carbocycles. The number of nitrogens with zero attached hydrogens (tertiary/aromatic N) is 4. The first-order chi connectivity index (χ1) is 15.4. The summed E-state index contributed by atoms with van der Waals surface area (Å²) in [7, 11) is 3.61. The van der Waals surface area contributed by atoms with Crippen LogP contribution in [0.5, 0.6) is 5.75 Å². The van der Waals surface area contributed by atoms with E-state index in [1.807, 2.05) is 67.7 Å². The van der Waals surface area contributed by atoms with Crippen molar-refractivity contribution in [3.63, 3.8) is 0 Å². The molecular weight excluding hydrogens is 402 g/mol. The summed E-state index contributed by atoms with van der Waals surface area (Å²) in [6, 6.07) is 10.1. The zero-order valence-corrected chi connectivity index (χ0v) is 19.4. The Balaban J connectivity index is 1.40. The van der Waals surface area contributed by atoms with Crippen LogP contribution in [0.3, 0.4) is 0 Å². The van der Waals surface area contributed by atoms with Gasteiger partial charge in [0.2, 0.25) is 5.91 Å². The molecule has 1 N–H and O–H groups in total. The molecule has 7 heteroatoms. The highest BCUT2D eigenvalue weighted by atomic mass is 16.5. The van der Waals surface area contributed by atoms with Crippen molar-refractivity contribution >= 4 is 11.7 Å². The van der Waals surface area contributed by atoms with Gasteiger partial charge in [-0.2, -0.15) is 0 Å². The lowest BCUT2D eigenvalue weighted by atomic mass is 9.95. The van der Waals surface area contributed by atoms with Crippen LogP contribution in [0.25, 0.3) is 11.3 Å². The molecule has 0 spiro atoms. The van der Waals surface area contributed by atoms with Gasteiger partial charge in [0, 0.05) is 43.6 Å². The zero-order valence-electron chi connectivity index (χ0n) is 19.4. The summed E-state index contributed by atoms with van der Waals surface area (Å²) in [5.41, 5.74) is 5.01. The van der Waals surface area contributed by atoms with E-state index in [1.165, 1.54) is 0 Å². The second kappa shape index (κ2) is 9.02. The number of aryl methyl sites for hydroxylation is 3. The summed E-state index contributed by atoms with van der Waals surface area (Å²) in [5, 5.41) is 3.51. The largest absolute Gasteiger partial charge is 0.497 e. The van der Waals surface area contributed by atoms with E-state index in [0.29, 0.717) is 6.54 Å². The first-order valence-corrected chi connectivity index (χ1v) is 11.0. The topological polar surface area (TPSA) is 72.3 Å². The van der Waals surface area contributed by atoms with Gasteiger partial charge in [-0.3, -0.25) is 4.79 Å². The summed E-state index contributed by atoms with van der Waals surface area (Å²) in [6.07, 6.45) is 4.68. The molecule has 3 heterocycles. The Hall–Kier alpha value is -3.35. The lowest BCUT2D eigenvalue weighted by Crippen LogP contribution is -2.34. The van der Waals surface area contributed by atoms with Gasteiger partial charge in [0.15, 0.2) is 0 Å². The zero-order chi connectivity index (χ0) is 22.8. The summed E-state index contributed by atoms with van der Waals surface area (Å²) in [6.45, 7) is 7.43. The van der Waals surface area contributed by atoms with Crippen molar-refractivity contribution in [3.05, 3.63) is 59.7 Å². The molecule has 3 aromatic rings. The third kappa shape index (κ3) is 4.47.